The molecule has 5 rings (SSSR count). The van der Waals surface area contributed by atoms with Crippen LogP contribution in [0.2, 0.25) is 0 Å². The summed E-state index contributed by atoms with van der Waals surface area (Å²) >= 11 is 1.36. The maximum atomic E-state index is 13.4. The maximum absolute atomic E-state index is 13.4. The number of piperidine rings is 1. The van der Waals surface area contributed by atoms with E-state index in [1.165, 1.54) is 17.8 Å². The number of hydrogen-bond donors (Lipinski definition) is 1. The number of aromatic nitrogens is 2. The van der Waals surface area contributed by atoms with Gasteiger partial charge in [0.05, 0.1) is 10.3 Å². The van der Waals surface area contributed by atoms with Crippen molar-refractivity contribution in [3.05, 3.63) is 26.6 Å². The molecule has 2 aliphatic heterocycles. The first-order valence-corrected chi connectivity index (χ1v) is 13.5. The molecule has 1 saturated heterocycles. The molecule has 2 amide bonds. The molecular formula is C25H34N4O3S. The summed E-state index contributed by atoms with van der Waals surface area (Å²) in [5, 5.41) is 3.85. The summed E-state index contributed by atoms with van der Waals surface area (Å²) in [5.74, 6) is 1.22. The van der Waals surface area contributed by atoms with Gasteiger partial charge >= 0.3 is 0 Å². The highest BCUT2D eigenvalue weighted by Gasteiger charge is 2.30. The van der Waals surface area contributed by atoms with Crippen LogP contribution in [-0.4, -0.2) is 45.4 Å². The number of fused-ring (bicyclic) bond motifs is 2. The smallest absolute Gasteiger partial charge is 0.264 e. The number of amides is 2. The van der Waals surface area contributed by atoms with E-state index in [2.05, 4.69) is 5.32 Å². The topological polar surface area (TPSA) is 84.3 Å². The van der Waals surface area contributed by atoms with Gasteiger partial charge in [0.15, 0.2) is 0 Å². The molecule has 2 aromatic rings. The summed E-state index contributed by atoms with van der Waals surface area (Å²) in [4.78, 5) is 47.2. The Labute approximate surface area is 198 Å². The maximum Gasteiger partial charge on any atom is 0.264 e. The molecule has 0 spiro atoms. The van der Waals surface area contributed by atoms with E-state index in [0.29, 0.717) is 28.2 Å². The lowest BCUT2D eigenvalue weighted by molar-refractivity contribution is -0.126. The number of nitrogens with one attached hydrogen (secondary N) is 1. The second-order valence-electron chi connectivity index (χ2n) is 9.94. The zero-order valence-corrected chi connectivity index (χ0v) is 20.3. The van der Waals surface area contributed by atoms with Gasteiger partial charge in [-0.25, -0.2) is 4.98 Å². The molecule has 0 radical (unpaired) electrons. The predicted molar refractivity (Wildman–Crippen MR) is 130 cm³/mol. The van der Waals surface area contributed by atoms with Gasteiger partial charge in [-0.05, 0) is 51.0 Å². The number of aryl methyl sites for hydroxylation is 2. The third kappa shape index (κ3) is 4.46. The minimum Gasteiger partial charge on any atom is -0.353 e. The summed E-state index contributed by atoms with van der Waals surface area (Å²) in [7, 11) is 0. The number of carbonyl (C=O) groups excluding carboxylic acids is 2. The van der Waals surface area contributed by atoms with E-state index >= 15 is 0 Å². The van der Waals surface area contributed by atoms with Gasteiger partial charge in [-0.1, -0.05) is 25.7 Å². The van der Waals surface area contributed by atoms with Crippen LogP contribution in [0.3, 0.4) is 0 Å². The Morgan fingerprint density at radius 2 is 1.70 bits per heavy atom. The summed E-state index contributed by atoms with van der Waals surface area (Å²) in [6.45, 7) is 3.86. The minimum atomic E-state index is -0.00727. The van der Waals surface area contributed by atoms with Crippen LogP contribution in [-0.2, 0) is 17.8 Å². The fraction of sp³-hybridized carbons (Fsp3) is 0.680. The molecule has 0 unspecified atom stereocenters. The van der Waals surface area contributed by atoms with Crippen LogP contribution < -0.4 is 10.9 Å². The Morgan fingerprint density at radius 3 is 2.45 bits per heavy atom. The van der Waals surface area contributed by atoms with E-state index in [0.717, 1.165) is 82.1 Å². The van der Waals surface area contributed by atoms with Crippen molar-refractivity contribution in [1.29, 1.82) is 0 Å². The molecule has 2 fully saturated rings. The van der Waals surface area contributed by atoms with Crippen molar-refractivity contribution in [2.45, 2.75) is 90.1 Å². The zero-order chi connectivity index (χ0) is 22.9. The summed E-state index contributed by atoms with van der Waals surface area (Å²) < 4.78 is 1.82. The molecular weight excluding hydrogens is 436 g/mol. The summed E-state index contributed by atoms with van der Waals surface area (Å²) in [6, 6.07) is 0.147. The van der Waals surface area contributed by atoms with E-state index in [1.807, 2.05) is 16.4 Å². The number of hydrogen-bond acceptors (Lipinski definition) is 5. The third-order valence-electron chi connectivity index (χ3n) is 7.71. The van der Waals surface area contributed by atoms with Gasteiger partial charge in [-0.3, -0.25) is 19.0 Å². The van der Waals surface area contributed by atoms with E-state index < -0.39 is 0 Å². The predicted octanol–water partition coefficient (Wildman–Crippen LogP) is 3.79. The molecule has 1 saturated carbocycles. The Kier molecular flexibility index (Phi) is 6.54. The molecule has 0 atom stereocenters. The van der Waals surface area contributed by atoms with Crippen molar-refractivity contribution in [1.82, 2.24) is 19.8 Å². The highest BCUT2D eigenvalue weighted by Crippen LogP contribution is 2.30. The van der Waals surface area contributed by atoms with Gasteiger partial charge in [0.2, 0.25) is 5.91 Å². The van der Waals surface area contributed by atoms with Crippen molar-refractivity contribution < 1.29 is 9.59 Å². The van der Waals surface area contributed by atoms with Gasteiger partial charge in [-0.2, -0.15) is 0 Å². The van der Waals surface area contributed by atoms with Gasteiger partial charge in [0.25, 0.3) is 11.5 Å². The summed E-state index contributed by atoms with van der Waals surface area (Å²) in [5.41, 5.74) is 0.776. The Hall–Kier alpha value is -2.22. The number of nitrogens with zero attached hydrogens (tertiary/aromatic N) is 3. The fourth-order valence-corrected chi connectivity index (χ4v) is 6.83. The van der Waals surface area contributed by atoms with Gasteiger partial charge < -0.3 is 10.2 Å². The molecule has 3 aliphatic rings. The van der Waals surface area contributed by atoms with E-state index in [1.54, 1.807) is 0 Å². The van der Waals surface area contributed by atoms with Crippen LogP contribution in [0.1, 0.15) is 85.3 Å². The average molecular weight is 471 g/mol. The quantitative estimate of drug-likeness (QED) is 0.740. The number of carbonyl (C=O) groups is 2. The van der Waals surface area contributed by atoms with Crippen LogP contribution >= 0.6 is 11.3 Å². The zero-order valence-electron chi connectivity index (χ0n) is 19.5. The number of rotatable bonds is 3. The number of thiophene rings is 1. The van der Waals surface area contributed by atoms with Gasteiger partial charge in [0, 0.05) is 38.0 Å². The first-order chi connectivity index (χ1) is 16.0. The first-order valence-electron chi connectivity index (χ1n) is 12.7. The first kappa shape index (κ1) is 22.6. The van der Waals surface area contributed by atoms with Crippen LogP contribution in [0.5, 0.6) is 0 Å². The van der Waals surface area contributed by atoms with Crippen molar-refractivity contribution in [3.63, 3.8) is 0 Å². The Bertz CT molecular complexity index is 1110. The standard InChI is InChI=1S/C25H34N4O3S/c1-16-20-23(27-19-10-6-3-7-13-29(19)24(20)31)33-21(16)25(32)28-14-11-18(12-15-28)26-22(30)17-8-4-2-5-9-17/h17-18H,2-15H2,1H3,(H,26,30). The van der Waals surface area contributed by atoms with Crippen molar-refractivity contribution in [2.24, 2.45) is 5.92 Å². The lowest BCUT2D eigenvalue weighted by Gasteiger charge is -2.33. The minimum absolute atomic E-state index is 0.00727. The molecule has 4 heterocycles. The number of likely N-dealkylation sites (tertiary alicyclic amines) is 1. The largest absolute Gasteiger partial charge is 0.353 e. The SMILES string of the molecule is Cc1c(C(=O)N2CCC(NC(=O)C3CCCCC3)CC2)sc2nc3n(c(=O)c12)CCCCC3. The summed E-state index contributed by atoms with van der Waals surface area (Å²) in [6.07, 6.45) is 11.1. The van der Waals surface area contributed by atoms with E-state index in [9.17, 15) is 14.4 Å². The van der Waals surface area contributed by atoms with Gasteiger partial charge in [-0.15, -0.1) is 11.3 Å². The molecule has 0 aromatic carbocycles. The van der Waals surface area contributed by atoms with E-state index in [-0.39, 0.29) is 29.3 Å². The molecule has 1 N–H and O–H groups in total. The van der Waals surface area contributed by atoms with Crippen LogP contribution in [0, 0.1) is 12.8 Å². The fourth-order valence-electron chi connectivity index (χ4n) is 5.67. The highest BCUT2D eigenvalue weighted by molar-refractivity contribution is 7.20. The van der Waals surface area contributed by atoms with Crippen LogP contribution in [0.25, 0.3) is 10.2 Å². The molecule has 2 aromatic heterocycles. The Balaban J connectivity index is 1.28. The molecule has 8 heteroatoms. The third-order valence-corrected chi connectivity index (χ3v) is 8.88. The molecule has 1 aliphatic carbocycles. The molecule has 178 valence electrons. The monoisotopic (exact) mass is 470 g/mol. The van der Waals surface area contributed by atoms with Crippen molar-refractivity contribution in [3.8, 4) is 0 Å². The lowest BCUT2D eigenvalue weighted by Crippen LogP contribution is -2.48. The van der Waals surface area contributed by atoms with Crippen molar-refractivity contribution in [2.75, 3.05) is 13.1 Å². The normalized spacial score (nSPS) is 20.5. The second-order valence-corrected chi connectivity index (χ2v) is 10.9. The lowest BCUT2D eigenvalue weighted by atomic mass is 9.88. The average Bonchev–Trinajstić information content (AvgIpc) is 3.00. The molecule has 0 bridgehead atoms. The molecule has 7 nitrogen and oxygen atoms in total. The van der Waals surface area contributed by atoms with Crippen LogP contribution in [0.4, 0.5) is 0 Å². The van der Waals surface area contributed by atoms with Gasteiger partial charge in [0.1, 0.15) is 10.7 Å². The van der Waals surface area contributed by atoms with Crippen molar-refractivity contribution >= 4 is 33.4 Å². The highest BCUT2D eigenvalue weighted by atomic mass is 32.1. The second kappa shape index (κ2) is 9.57. The Morgan fingerprint density at radius 1 is 0.970 bits per heavy atom. The molecule has 33 heavy (non-hydrogen) atoms. The van der Waals surface area contributed by atoms with E-state index in [4.69, 9.17) is 4.98 Å². The van der Waals surface area contributed by atoms with Crippen LogP contribution in [0.15, 0.2) is 4.79 Å².